The van der Waals surface area contributed by atoms with Gasteiger partial charge in [0.05, 0.1) is 24.9 Å². The first-order valence-corrected chi connectivity index (χ1v) is 8.50. The van der Waals surface area contributed by atoms with Crippen LogP contribution in [0.25, 0.3) is 10.1 Å². The predicted molar refractivity (Wildman–Crippen MR) is 94.2 cm³/mol. The van der Waals surface area contributed by atoms with E-state index in [9.17, 15) is 9.59 Å². The number of hydrogen-bond donors (Lipinski definition) is 1. The second-order valence-corrected chi connectivity index (χ2v) is 6.47. The van der Waals surface area contributed by atoms with Gasteiger partial charge in [0.25, 0.3) is 5.91 Å². The van der Waals surface area contributed by atoms with Gasteiger partial charge in [-0.05, 0) is 30.3 Å². The number of nitrogens with one attached hydrogen (secondary N) is 1. The molecule has 2 heterocycles. The van der Waals surface area contributed by atoms with E-state index in [1.165, 1.54) is 17.6 Å². The van der Waals surface area contributed by atoms with Crippen molar-refractivity contribution in [3.05, 3.63) is 52.3 Å². The van der Waals surface area contributed by atoms with Crippen LogP contribution in [0, 0.1) is 0 Å². The molecule has 0 aliphatic carbocycles. The zero-order valence-corrected chi connectivity index (χ0v) is 14.8. The molecule has 0 fully saturated rings. The van der Waals surface area contributed by atoms with Crippen molar-refractivity contribution in [2.75, 3.05) is 13.7 Å². The van der Waals surface area contributed by atoms with Crippen molar-refractivity contribution in [1.29, 1.82) is 0 Å². The maximum atomic E-state index is 12.2. The van der Waals surface area contributed by atoms with Crippen molar-refractivity contribution < 1.29 is 23.5 Å². The van der Waals surface area contributed by atoms with E-state index in [1.54, 1.807) is 37.4 Å². The van der Waals surface area contributed by atoms with Gasteiger partial charge < -0.3 is 19.2 Å². The summed E-state index contributed by atoms with van der Waals surface area (Å²) in [4.78, 5) is 24.2. The highest BCUT2D eigenvalue weighted by Gasteiger charge is 2.19. The minimum absolute atomic E-state index is 0.229. The third-order valence-electron chi connectivity index (χ3n) is 3.40. The van der Waals surface area contributed by atoms with Gasteiger partial charge in [0.15, 0.2) is 6.61 Å². The van der Waals surface area contributed by atoms with Crippen LogP contribution in [0.15, 0.2) is 41.0 Å². The molecule has 1 amide bonds. The molecule has 0 bridgehead atoms. The summed E-state index contributed by atoms with van der Waals surface area (Å²) >= 11 is 7.44. The summed E-state index contributed by atoms with van der Waals surface area (Å²) < 4.78 is 16.1. The molecule has 25 heavy (non-hydrogen) atoms. The van der Waals surface area contributed by atoms with Gasteiger partial charge >= 0.3 is 5.97 Å². The molecule has 3 rings (SSSR count). The highest BCUT2D eigenvalue weighted by Crippen LogP contribution is 2.37. The Morgan fingerprint density at radius 3 is 2.88 bits per heavy atom. The number of halogens is 1. The van der Waals surface area contributed by atoms with Crippen LogP contribution in [0.5, 0.6) is 5.75 Å². The van der Waals surface area contributed by atoms with Gasteiger partial charge in [0.1, 0.15) is 16.4 Å². The van der Waals surface area contributed by atoms with Crippen LogP contribution in [0.2, 0.25) is 5.02 Å². The Labute approximate surface area is 152 Å². The molecule has 0 saturated carbocycles. The number of rotatable bonds is 6. The highest BCUT2D eigenvalue weighted by atomic mass is 35.5. The van der Waals surface area contributed by atoms with E-state index in [0.29, 0.717) is 16.5 Å². The number of amides is 1. The van der Waals surface area contributed by atoms with Crippen molar-refractivity contribution in [3.8, 4) is 5.75 Å². The zero-order valence-electron chi connectivity index (χ0n) is 13.2. The molecular weight excluding hydrogens is 366 g/mol. The van der Waals surface area contributed by atoms with Crippen LogP contribution in [0.4, 0.5) is 0 Å². The average molecular weight is 380 g/mol. The fourth-order valence-corrected chi connectivity index (χ4v) is 3.58. The topological polar surface area (TPSA) is 77.8 Å². The molecule has 0 aliphatic heterocycles. The SMILES string of the molecule is COc1ccc2c(Cl)c(C(=O)OCC(=O)NCc3ccco3)sc2c1. The summed E-state index contributed by atoms with van der Waals surface area (Å²) in [6, 6.07) is 8.79. The lowest BCUT2D eigenvalue weighted by Crippen LogP contribution is -2.28. The van der Waals surface area contributed by atoms with E-state index >= 15 is 0 Å². The van der Waals surface area contributed by atoms with Gasteiger partial charge in [-0.3, -0.25) is 4.79 Å². The molecule has 0 spiro atoms. The predicted octanol–water partition coefficient (Wildman–Crippen LogP) is 3.63. The Bertz CT molecular complexity index is 903. The summed E-state index contributed by atoms with van der Waals surface area (Å²) in [5, 5.41) is 3.64. The Morgan fingerprint density at radius 2 is 2.16 bits per heavy atom. The van der Waals surface area contributed by atoms with E-state index in [4.69, 9.17) is 25.5 Å². The van der Waals surface area contributed by atoms with Gasteiger partial charge in [0, 0.05) is 10.1 Å². The molecule has 2 aromatic heterocycles. The summed E-state index contributed by atoms with van der Waals surface area (Å²) in [7, 11) is 1.56. The maximum Gasteiger partial charge on any atom is 0.350 e. The molecule has 1 aromatic carbocycles. The third-order valence-corrected chi connectivity index (χ3v) is 5.03. The fourth-order valence-electron chi connectivity index (χ4n) is 2.15. The molecule has 1 N–H and O–H groups in total. The quantitative estimate of drug-likeness (QED) is 0.662. The normalized spacial score (nSPS) is 10.6. The largest absolute Gasteiger partial charge is 0.497 e. The van der Waals surface area contributed by atoms with Crippen molar-refractivity contribution in [3.63, 3.8) is 0 Å². The maximum absolute atomic E-state index is 12.2. The second-order valence-electron chi connectivity index (χ2n) is 5.04. The Kier molecular flexibility index (Phi) is 5.25. The number of benzene rings is 1. The van der Waals surface area contributed by atoms with Crippen molar-refractivity contribution in [2.45, 2.75) is 6.54 Å². The number of methoxy groups -OCH3 is 1. The number of esters is 1. The van der Waals surface area contributed by atoms with Crippen LogP contribution >= 0.6 is 22.9 Å². The highest BCUT2D eigenvalue weighted by molar-refractivity contribution is 7.21. The molecule has 8 heteroatoms. The van der Waals surface area contributed by atoms with Crippen molar-refractivity contribution >= 4 is 44.9 Å². The first kappa shape index (κ1) is 17.3. The number of fused-ring (bicyclic) bond motifs is 1. The molecule has 0 atom stereocenters. The Balaban J connectivity index is 1.62. The summed E-state index contributed by atoms with van der Waals surface area (Å²) in [5.41, 5.74) is 0. The smallest absolute Gasteiger partial charge is 0.350 e. The van der Waals surface area contributed by atoms with Gasteiger partial charge in [-0.1, -0.05) is 11.6 Å². The number of carbonyl (C=O) groups is 2. The van der Waals surface area contributed by atoms with Crippen LogP contribution in [-0.2, 0) is 16.1 Å². The Morgan fingerprint density at radius 1 is 1.32 bits per heavy atom. The number of ether oxygens (including phenoxy) is 2. The van der Waals surface area contributed by atoms with Crippen LogP contribution in [-0.4, -0.2) is 25.6 Å². The zero-order chi connectivity index (χ0) is 17.8. The van der Waals surface area contributed by atoms with Crippen LogP contribution in [0.3, 0.4) is 0 Å². The monoisotopic (exact) mass is 379 g/mol. The minimum atomic E-state index is -0.640. The van der Waals surface area contributed by atoms with Gasteiger partial charge in [-0.25, -0.2) is 4.79 Å². The molecule has 130 valence electrons. The third kappa shape index (κ3) is 3.94. The van der Waals surface area contributed by atoms with E-state index in [1.807, 2.05) is 0 Å². The van der Waals surface area contributed by atoms with Gasteiger partial charge in [-0.2, -0.15) is 0 Å². The summed E-state index contributed by atoms with van der Waals surface area (Å²) in [5.74, 6) is 0.214. The average Bonchev–Trinajstić information content (AvgIpc) is 3.25. The number of hydrogen-bond acceptors (Lipinski definition) is 6. The van der Waals surface area contributed by atoms with E-state index in [0.717, 1.165) is 10.1 Å². The van der Waals surface area contributed by atoms with Crippen LogP contribution < -0.4 is 10.1 Å². The second kappa shape index (κ2) is 7.58. The van der Waals surface area contributed by atoms with E-state index in [-0.39, 0.29) is 11.4 Å². The lowest BCUT2D eigenvalue weighted by molar-refractivity contribution is -0.124. The molecule has 0 aliphatic rings. The molecule has 0 unspecified atom stereocenters. The summed E-state index contributed by atoms with van der Waals surface area (Å²) in [6.07, 6.45) is 1.51. The van der Waals surface area contributed by atoms with Crippen molar-refractivity contribution in [2.24, 2.45) is 0 Å². The van der Waals surface area contributed by atoms with Crippen molar-refractivity contribution in [1.82, 2.24) is 5.32 Å². The molecular formula is C17H14ClNO5S. The molecule has 0 saturated heterocycles. The molecule has 3 aromatic rings. The van der Waals surface area contributed by atoms with E-state index in [2.05, 4.69) is 5.32 Å². The molecule has 0 radical (unpaired) electrons. The number of carbonyl (C=O) groups excluding carboxylic acids is 2. The first-order valence-electron chi connectivity index (χ1n) is 7.30. The Hall–Kier alpha value is -2.51. The lowest BCUT2D eigenvalue weighted by Gasteiger charge is -2.04. The van der Waals surface area contributed by atoms with E-state index < -0.39 is 18.5 Å². The van der Waals surface area contributed by atoms with Gasteiger partial charge in [0.2, 0.25) is 0 Å². The van der Waals surface area contributed by atoms with Gasteiger partial charge in [-0.15, -0.1) is 11.3 Å². The standard InChI is InChI=1S/C17H14ClNO5S/c1-22-10-4-5-12-13(7-10)25-16(15(12)18)17(21)24-9-14(20)19-8-11-3-2-6-23-11/h2-7H,8-9H2,1H3,(H,19,20). The first-order chi connectivity index (χ1) is 12.1. The number of furan rings is 1. The minimum Gasteiger partial charge on any atom is -0.497 e. The summed E-state index contributed by atoms with van der Waals surface area (Å²) in [6.45, 7) is -0.166. The lowest BCUT2D eigenvalue weighted by atomic mass is 10.2. The fraction of sp³-hybridized carbons (Fsp3) is 0.176. The number of thiophene rings is 1. The van der Waals surface area contributed by atoms with Crippen LogP contribution in [0.1, 0.15) is 15.4 Å². The molecule has 6 nitrogen and oxygen atoms in total.